The zero-order valence-electron chi connectivity index (χ0n) is 9.69. The van der Waals surface area contributed by atoms with Crippen LogP contribution in [0.3, 0.4) is 0 Å². The van der Waals surface area contributed by atoms with Gasteiger partial charge in [-0.2, -0.15) is 9.97 Å². The van der Waals surface area contributed by atoms with E-state index in [0.29, 0.717) is 11.9 Å². The highest BCUT2D eigenvalue weighted by Crippen LogP contribution is 2.45. The Balaban J connectivity index is 1.76. The molecular formula is C11H18N6. The molecule has 2 fully saturated rings. The van der Waals surface area contributed by atoms with Crippen molar-refractivity contribution in [2.45, 2.75) is 31.7 Å². The van der Waals surface area contributed by atoms with Crippen molar-refractivity contribution in [2.24, 2.45) is 17.7 Å². The quantitative estimate of drug-likeness (QED) is 0.447. The fourth-order valence-corrected chi connectivity index (χ4v) is 2.32. The van der Waals surface area contributed by atoms with E-state index in [9.17, 15) is 0 Å². The Labute approximate surface area is 100 Å². The van der Waals surface area contributed by atoms with Gasteiger partial charge in [-0.25, -0.2) is 5.84 Å². The number of nitrogen functional groups attached to an aromatic ring is 2. The normalized spacial score (nSPS) is 19.4. The minimum atomic E-state index is 0.244. The zero-order valence-corrected chi connectivity index (χ0v) is 9.69. The summed E-state index contributed by atoms with van der Waals surface area (Å²) in [6.07, 6.45) is 5.32. The number of hydrogen-bond acceptors (Lipinski definition) is 6. The van der Waals surface area contributed by atoms with Gasteiger partial charge in [-0.05, 0) is 37.5 Å². The summed E-state index contributed by atoms with van der Waals surface area (Å²) in [5.74, 6) is 8.53. The van der Waals surface area contributed by atoms with E-state index < -0.39 is 0 Å². The van der Waals surface area contributed by atoms with Gasteiger partial charge in [0.05, 0.1) is 0 Å². The molecule has 0 aliphatic heterocycles. The van der Waals surface area contributed by atoms with E-state index in [1.807, 2.05) is 0 Å². The first-order valence-corrected chi connectivity index (χ1v) is 6.14. The molecule has 3 rings (SSSR count). The van der Waals surface area contributed by atoms with Crippen molar-refractivity contribution in [2.75, 3.05) is 16.5 Å². The third-order valence-corrected chi connectivity index (χ3v) is 3.47. The molecule has 0 saturated heterocycles. The van der Waals surface area contributed by atoms with Crippen molar-refractivity contribution in [3.63, 3.8) is 0 Å². The maximum atomic E-state index is 5.64. The predicted molar refractivity (Wildman–Crippen MR) is 67.1 cm³/mol. The lowest BCUT2D eigenvalue weighted by Crippen LogP contribution is -2.25. The molecule has 0 unspecified atom stereocenters. The molecule has 2 aliphatic carbocycles. The van der Waals surface area contributed by atoms with Gasteiger partial charge in [0.2, 0.25) is 5.95 Å². The number of hydrogen-bond donors (Lipinski definition) is 4. The Morgan fingerprint density at radius 2 is 1.71 bits per heavy atom. The van der Waals surface area contributed by atoms with Gasteiger partial charge in [-0.1, -0.05) is 0 Å². The van der Waals surface area contributed by atoms with Crippen molar-refractivity contribution in [3.05, 3.63) is 6.07 Å². The zero-order chi connectivity index (χ0) is 11.8. The number of nitrogens with zero attached hydrogens (tertiary/aromatic N) is 2. The van der Waals surface area contributed by atoms with Gasteiger partial charge in [-0.3, -0.25) is 0 Å². The smallest absolute Gasteiger partial charge is 0.223 e. The summed E-state index contributed by atoms with van der Waals surface area (Å²) in [7, 11) is 0. The molecule has 6 heteroatoms. The molecule has 6 nitrogen and oxygen atoms in total. The van der Waals surface area contributed by atoms with Crippen LogP contribution in [-0.4, -0.2) is 16.0 Å². The molecule has 1 heterocycles. The van der Waals surface area contributed by atoms with E-state index >= 15 is 0 Å². The van der Waals surface area contributed by atoms with Crippen LogP contribution in [0.25, 0.3) is 0 Å². The lowest BCUT2D eigenvalue weighted by molar-refractivity contribution is 0.565. The predicted octanol–water partition coefficient (Wildman–Crippen LogP) is 0.945. The summed E-state index contributed by atoms with van der Waals surface area (Å²) in [6.45, 7) is 0. The number of hydrazine groups is 1. The fraction of sp³-hybridized carbons (Fsp3) is 0.636. The van der Waals surface area contributed by atoms with E-state index in [1.54, 1.807) is 6.07 Å². The molecule has 2 aliphatic rings. The minimum Gasteiger partial charge on any atom is -0.368 e. The third kappa shape index (κ3) is 2.41. The van der Waals surface area contributed by atoms with Gasteiger partial charge < -0.3 is 16.5 Å². The molecule has 0 amide bonds. The minimum absolute atomic E-state index is 0.244. The Morgan fingerprint density at radius 3 is 2.24 bits per heavy atom. The van der Waals surface area contributed by atoms with Crippen LogP contribution in [0.1, 0.15) is 25.7 Å². The van der Waals surface area contributed by atoms with Crippen molar-refractivity contribution >= 4 is 17.6 Å². The van der Waals surface area contributed by atoms with Gasteiger partial charge in [0.25, 0.3) is 0 Å². The maximum Gasteiger partial charge on any atom is 0.223 e. The molecule has 0 spiro atoms. The summed E-state index contributed by atoms with van der Waals surface area (Å²) in [6, 6.07) is 2.35. The molecule has 1 aromatic heterocycles. The molecule has 92 valence electrons. The van der Waals surface area contributed by atoms with Gasteiger partial charge in [0, 0.05) is 12.1 Å². The molecule has 0 radical (unpaired) electrons. The highest BCUT2D eigenvalue weighted by molar-refractivity contribution is 5.51. The lowest BCUT2D eigenvalue weighted by atomic mass is 10.1. The van der Waals surface area contributed by atoms with Gasteiger partial charge in [0.1, 0.15) is 11.6 Å². The van der Waals surface area contributed by atoms with E-state index in [1.165, 1.54) is 25.7 Å². The molecule has 1 aromatic rings. The molecular weight excluding hydrogens is 216 g/mol. The van der Waals surface area contributed by atoms with Crippen LogP contribution in [0, 0.1) is 11.8 Å². The Bertz CT molecular complexity index is 400. The molecule has 6 N–H and O–H groups in total. The first-order chi connectivity index (χ1) is 8.26. The third-order valence-electron chi connectivity index (χ3n) is 3.47. The van der Waals surface area contributed by atoms with Crippen molar-refractivity contribution in [1.29, 1.82) is 0 Å². The summed E-state index contributed by atoms with van der Waals surface area (Å²) in [5.41, 5.74) is 8.14. The number of nitrogens with one attached hydrogen (secondary N) is 2. The van der Waals surface area contributed by atoms with Crippen LogP contribution in [0.5, 0.6) is 0 Å². The fourth-order valence-electron chi connectivity index (χ4n) is 2.32. The topological polar surface area (TPSA) is 102 Å². The second kappa shape index (κ2) is 4.03. The van der Waals surface area contributed by atoms with E-state index in [4.69, 9.17) is 11.6 Å². The average molecular weight is 234 g/mol. The van der Waals surface area contributed by atoms with Gasteiger partial charge in [-0.15, -0.1) is 0 Å². The van der Waals surface area contributed by atoms with E-state index in [0.717, 1.165) is 17.7 Å². The summed E-state index contributed by atoms with van der Waals surface area (Å²) < 4.78 is 0. The van der Waals surface area contributed by atoms with Crippen LogP contribution in [0.15, 0.2) is 6.07 Å². The lowest BCUT2D eigenvalue weighted by Gasteiger charge is -2.18. The monoisotopic (exact) mass is 234 g/mol. The molecule has 2 saturated carbocycles. The van der Waals surface area contributed by atoms with Crippen molar-refractivity contribution in [1.82, 2.24) is 9.97 Å². The van der Waals surface area contributed by atoms with Crippen LogP contribution in [-0.2, 0) is 0 Å². The highest BCUT2D eigenvalue weighted by Gasteiger charge is 2.41. The number of nitrogens with two attached hydrogens (primary N) is 2. The van der Waals surface area contributed by atoms with Crippen LogP contribution in [0.2, 0.25) is 0 Å². The Hall–Kier alpha value is -1.56. The van der Waals surface area contributed by atoms with Crippen LogP contribution in [0.4, 0.5) is 17.6 Å². The largest absolute Gasteiger partial charge is 0.368 e. The summed E-state index contributed by atoms with van der Waals surface area (Å²) in [5, 5.41) is 3.49. The summed E-state index contributed by atoms with van der Waals surface area (Å²) >= 11 is 0. The SMILES string of the molecule is NNc1cc(NC(C2CC2)C2CC2)nc(N)n1. The Morgan fingerprint density at radius 1 is 1.12 bits per heavy atom. The highest BCUT2D eigenvalue weighted by atomic mass is 15.3. The number of anilines is 3. The van der Waals surface area contributed by atoms with Crippen molar-refractivity contribution < 1.29 is 0 Å². The number of aromatic nitrogens is 2. The van der Waals surface area contributed by atoms with Crippen LogP contribution >= 0.6 is 0 Å². The first-order valence-electron chi connectivity index (χ1n) is 6.14. The molecule has 0 bridgehead atoms. The molecule has 0 aromatic carbocycles. The summed E-state index contributed by atoms with van der Waals surface area (Å²) in [4.78, 5) is 8.17. The van der Waals surface area contributed by atoms with Gasteiger partial charge >= 0.3 is 0 Å². The van der Waals surface area contributed by atoms with Crippen LogP contribution < -0.4 is 22.3 Å². The Kier molecular flexibility index (Phi) is 2.51. The maximum absolute atomic E-state index is 5.64. The second-order valence-electron chi connectivity index (χ2n) is 4.99. The standard InChI is InChI=1S/C11H18N6/c12-11-15-8(5-9(16-11)17-13)14-10(6-1-2-6)7-3-4-7/h5-7,10H,1-4,13H2,(H4,12,14,15,16,17). The first kappa shape index (κ1) is 10.6. The van der Waals surface area contributed by atoms with Gasteiger partial charge in [0.15, 0.2) is 0 Å². The molecule has 0 atom stereocenters. The average Bonchev–Trinajstić information content (AvgIpc) is 3.16. The number of rotatable bonds is 5. The van der Waals surface area contributed by atoms with E-state index in [-0.39, 0.29) is 5.95 Å². The van der Waals surface area contributed by atoms with E-state index in [2.05, 4.69) is 20.7 Å². The molecule has 17 heavy (non-hydrogen) atoms. The van der Waals surface area contributed by atoms with Crippen molar-refractivity contribution in [3.8, 4) is 0 Å². The second-order valence-corrected chi connectivity index (χ2v) is 4.99.